The summed E-state index contributed by atoms with van der Waals surface area (Å²) in [5.74, 6) is 2.70. The van der Waals surface area contributed by atoms with Gasteiger partial charge in [0, 0.05) is 6.04 Å². The van der Waals surface area contributed by atoms with Crippen molar-refractivity contribution in [3.8, 4) is 0 Å². The maximum atomic E-state index is 3.70. The SMILES string of the molecule is CC(C)CCNC1CCC(C)C(C)C1. The van der Waals surface area contributed by atoms with Crippen LogP contribution in [-0.4, -0.2) is 12.6 Å². The van der Waals surface area contributed by atoms with E-state index >= 15 is 0 Å². The van der Waals surface area contributed by atoms with E-state index in [2.05, 4.69) is 33.0 Å². The number of hydrogen-bond acceptors (Lipinski definition) is 1. The standard InChI is InChI=1S/C13H27N/c1-10(2)7-8-14-13-6-5-11(3)12(4)9-13/h10-14H,5-9H2,1-4H3. The lowest BCUT2D eigenvalue weighted by atomic mass is 9.79. The predicted octanol–water partition coefficient (Wildman–Crippen LogP) is 3.45. The molecule has 1 aliphatic rings. The van der Waals surface area contributed by atoms with Crippen molar-refractivity contribution >= 4 is 0 Å². The molecule has 0 aromatic carbocycles. The van der Waals surface area contributed by atoms with Gasteiger partial charge in [0.1, 0.15) is 0 Å². The molecule has 1 fully saturated rings. The minimum atomic E-state index is 0.806. The van der Waals surface area contributed by atoms with Gasteiger partial charge < -0.3 is 5.32 Å². The minimum Gasteiger partial charge on any atom is -0.314 e. The zero-order chi connectivity index (χ0) is 10.6. The summed E-state index contributed by atoms with van der Waals surface area (Å²) < 4.78 is 0. The summed E-state index contributed by atoms with van der Waals surface area (Å²) in [6.07, 6.45) is 5.52. The molecule has 0 saturated heterocycles. The first-order valence-electron chi connectivity index (χ1n) is 6.33. The van der Waals surface area contributed by atoms with Crippen molar-refractivity contribution in [3.05, 3.63) is 0 Å². The fourth-order valence-electron chi connectivity index (χ4n) is 2.31. The molecule has 0 aromatic rings. The fraction of sp³-hybridized carbons (Fsp3) is 1.00. The lowest BCUT2D eigenvalue weighted by Gasteiger charge is -2.32. The maximum absolute atomic E-state index is 3.70. The lowest BCUT2D eigenvalue weighted by molar-refractivity contribution is 0.225. The van der Waals surface area contributed by atoms with E-state index in [1.54, 1.807) is 0 Å². The Hall–Kier alpha value is -0.0400. The summed E-state index contributed by atoms with van der Waals surface area (Å²) in [5, 5.41) is 3.70. The van der Waals surface area contributed by atoms with Crippen molar-refractivity contribution < 1.29 is 0 Å². The summed E-state index contributed by atoms with van der Waals surface area (Å²) in [6, 6.07) is 0.806. The molecule has 0 amide bonds. The molecule has 1 rings (SSSR count). The molecule has 0 radical (unpaired) electrons. The largest absolute Gasteiger partial charge is 0.314 e. The number of nitrogens with one attached hydrogen (secondary N) is 1. The van der Waals surface area contributed by atoms with Crippen LogP contribution < -0.4 is 5.32 Å². The second-order valence-electron chi connectivity index (χ2n) is 5.60. The normalized spacial score (nSPS) is 33.6. The number of rotatable bonds is 4. The van der Waals surface area contributed by atoms with E-state index in [-0.39, 0.29) is 0 Å². The molecule has 1 N–H and O–H groups in total. The highest BCUT2D eigenvalue weighted by Gasteiger charge is 2.23. The van der Waals surface area contributed by atoms with Gasteiger partial charge >= 0.3 is 0 Å². The Morgan fingerprint density at radius 1 is 1.14 bits per heavy atom. The van der Waals surface area contributed by atoms with Gasteiger partial charge in [0.2, 0.25) is 0 Å². The molecule has 1 saturated carbocycles. The van der Waals surface area contributed by atoms with Crippen molar-refractivity contribution in [2.45, 2.75) is 59.4 Å². The van der Waals surface area contributed by atoms with Gasteiger partial charge in [-0.3, -0.25) is 0 Å². The summed E-state index contributed by atoms with van der Waals surface area (Å²) in [7, 11) is 0. The van der Waals surface area contributed by atoms with Gasteiger partial charge in [-0.25, -0.2) is 0 Å². The molecular weight excluding hydrogens is 170 g/mol. The van der Waals surface area contributed by atoms with Crippen LogP contribution in [0.2, 0.25) is 0 Å². The van der Waals surface area contributed by atoms with Gasteiger partial charge in [0.15, 0.2) is 0 Å². The molecule has 0 bridgehead atoms. The van der Waals surface area contributed by atoms with Crippen LogP contribution in [0.15, 0.2) is 0 Å². The summed E-state index contributed by atoms with van der Waals surface area (Å²) in [4.78, 5) is 0. The van der Waals surface area contributed by atoms with Crippen molar-refractivity contribution in [3.63, 3.8) is 0 Å². The fourth-order valence-corrected chi connectivity index (χ4v) is 2.31. The van der Waals surface area contributed by atoms with Crippen molar-refractivity contribution in [2.24, 2.45) is 17.8 Å². The zero-order valence-corrected chi connectivity index (χ0v) is 10.3. The second kappa shape index (κ2) is 5.75. The molecule has 84 valence electrons. The van der Waals surface area contributed by atoms with Crippen LogP contribution in [0.5, 0.6) is 0 Å². The molecule has 14 heavy (non-hydrogen) atoms. The molecule has 0 spiro atoms. The Labute approximate surface area is 89.7 Å². The van der Waals surface area contributed by atoms with Crippen LogP contribution in [0.1, 0.15) is 53.4 Å². The van der Waals surface area contributed by atoms with E-state index in [0.29, 0.717) is 0 Å². The van der Waals surface area contributed by atoms with E-state index in [0.717, 1.165) is 23.8 Å². The highest BCUT2D eigenvalue weighted by atomic mass is 14.9. The highest BCUT2D eigenvalue weighted by Crippen LogP contribution is 2.29. The van der Waals surface area contributed by atoms with Crippen LogP contribution >= 0.6 is 0 Å². The first-order chi connectivity index (χ1) is 6.59. The number of hydrogen-bond donors (Lipinski definition) is 1. The summed E-state index contributed by atoms with van der Waals surface area (Å²) in [5.41, 5.74) is 0. The topological polar surface area (TPSA) is 12.0 Å². The van der Waals surface area contributed by atoms with Crippen molar-refractivity contribution in [1.29, 1.82) is 0 Å². The molecule has 1 nitrogen and oxygen atoms in total. The average molecular weight is 197 g/mol. The van der Waals surface area contributed by atoms with E-state index < -0.39 is 0 Å². The molecule has 1 aliphatic carbocycles. The Bertz CT molecular complexity index is 153. The van der Waals surface area contributed by atoms with Gasteiger partial charge in [-0.05, 0) is 50.0 Å². The van der Waals surface area contributed by atoms with Crippen LogP contribution in [0.25, 0.3) is 0 Å². The highest BCUT2D eigenvalue weighted by molar-refractivity contribution is 4.79. The first kappa shape index (κ1) is 12.0. The first-order valence-corrected chi connectivity index (χ1v) is 6.33. The lowest BCUT2D eigenvalue weighted by Crippen LogP contribution is -2.36. The monoisotopic (exact) mass is 197 g/mol. The third kappa shape index (κ3) is 4.00. The van der Waals surface area contributed by atoms with E-state index in [9.17, 15) is 0 Å². The Kier molecular flexibility index (Phi) is 4.94. The van der Waals surface area contributed by atoms with E-state index in [1.165, 1.54) is 32.2 Å². The maximum Gasteiger partial charge on any atom is 0.00698 e. The van der Waals surface area contributed by atoms with Gasteiger partial charge in [0.05, 0.1) is 0 Å². The summed E-state index contributed by atoms with van der Waals surface area (Å²) >= 11 is 0. The molecular formula is C13H27N. The van der Waals surface area contributed by atoms with Crippen LogP contribution in [0, 0.1) is 17.8 Å². The Balaban J connectivity index is 2.13. The van der Waals surface area contributed by atoms with E-state index in [1.807, 2.05) is 0 Å². The van der Waals surface area contributed by atoms with Gasteiger partial charge in [-0.15, -0.1) is 0 Å². The predicted molar refractivity (Wildman–Crippen MR) is 63.4 cm³/mol. The third-order valence-electron chi connectivity index (χ3n) is 3.75. The van der Waals surface area contributed by atoms with Gasteiger partial charge in [-0.1, -0.05) is 27.7 Å². The summed E-state index contributed by atoms with van der Waals surface area (Å²) in [6.45, 7) is 10.6. The van der Waals surface area contributed by atoms with E-state index in [4.69, 9.17) is 0 Å². The molecule has 1 heteroatoms. The molecule has 0 aliphatic heterocycles. The van der Waals surface area contributed by atoms with Crippen molar-refractivity contribution in [1.82, 2.24) is 5.32 Å². The average Bonchev–Trinajstić information content (AvgIpc) is 2.10. The van der Waals surface area contributed by atoms with Crippen LogP contribution in [0.3, 0.4) is 0 Å². The quantitative estimate of drug-likeness (QED) is 0.728. The Morgan fingerprint density at radius 2 is 1.86 bits per heavy atom. The Morgan fingerprint density at radius 3 is 2.43 bits per heavy atom. The smallest absolute Gasteiger partial charge is 0.00698 e. The third-order valence-corrected chi connectivity index (χ3v) is 3.75. The van der Waals surface area contributed by atoms with Gasteiger partial charge in [-0.2, -0.15) is 0 Å². The van der Waals surface area contributed by atoms with Gasteiger partial charge in [0.25, 0.3) is 0 Å². The molecule has 0 aromatic heterocycles. The second-order valence-corrected chi connectivity index (χ2v) is 5.60. The minimum absolute atomic E-state index is 0.806. The van der Waals surface area contributed by atoms with Crippen LogP contribution in [-0.2, 0) is 0 Å². The van der Waals surface area contributed by atoms with Crippen molar-refractivity contribution in [2.75, 3.05) is 6.54 Å². The zero-order valence-electron chi connectivity index (χ0n) is 10.3. The molecule has 3 unspecified atom stereocenters. The molecule has 0 heterocycles. The van der Waals surface area contributed by atoms with Crippen LogP contribution in [0.4, 0.5) is 0 Å². The molecule has 3 atom stereocenters.